The first-order chi connectivity index (χ1) is 8.31. The Morgan fingerprint density at radius 3 is 2.53 bits per heavy atom. The second-order valence-electron chi connectivity index (χ2n) is 4.16. The van der Waals surface area contributed by atoms with E-state index in [1.54, 1.807) is 0 Å². The second kappa shape index (κ2) is 5.66. The summed E-state index contributed by atoms with van der Waals surface area (Å²) in [5.41, 5.74) is 2.23. The van der Waals surface area contributed by atoms with Crippen LogP contribution in [0.5, 0.6) is 0 Å². The molecule has 0 saturated heterocycles. The highest BCUT2D eigenvalue weighted by atomic mass is 16.3. The van der Waals surface area contributed by atoms with Gasteiger partial charge in [0.25, 0.3) is 0 Å². The van der Waals surface area contributed by atoms with E-state index in [0.29, 0.717) is 0 Å². The van der Waals surface area contributed by atoms with Gasteiger partial charge in [0.05, 0.1) is 12.6 Å². The lowest BCUT2D eigenvalue weighted by atomic mass is 10.1. The molecule has 0 amide bonds. The summed E-state index contributed by atoms with van der Waals surface area (Å²) >= 11 is 0. The number of aromatic nitrogens is 1. The molecule has 0 bridgehead atoms. The largest absolute Gasteiger partial charge is 0.394 e. The van der Waals surface area contributed by atoms with Crippen molar-refractivity contribution >= 4 is 0 Å². The molecule has 3 N–H and O–H groups in total. The Bertz CT molecular complexity index is 425. The van der Waals surface area contributed by atoms with Crippen molar-refractivity contribution in [3.63, 3.8) is 0 Å². The Hall–Kier alpha value is -1.58. The third-order valence-corrected chi connectivity index (χ3v) is 2.92. The van der Waals surface area contributed by atoms with Crippen LogP contribution in [0.2, 0.25) is 0 Å². The molecule has 3 heteroatoms. The van der Waals surface area contributed by atoms with Gasteiger partial charge in [0.2, 0.25) is 0 Å². The van der Waals surface area contributed by atoms with Crippen LogP contribution in [0.1, 0.15) is 30.3 Å². The fourth-order valence-electron chi connectivity index (χ4n) is 1.94. The van der Waals surface area contributed by atoms with Gasteiger partial charge in [-0.25, -0.2) is 0 Å². The van der Waals surface area contributed by atoms with Crippen LogP contribution in [0.25, 0.3) is 0 Å². The maximum absolute atomic E-state index is 9.45. The summed E-state index contributed by atoms with van der Waals surface area (Å²) in [4.78, 5) is 3.17. The molecule has 1 heterocycles. The van der Waals surface area contributed by atoms with Gasteiger partial charge >= 0.3 is 0 Å². The van der Waals surface area contributed by atoms with E-state index in [0.717, 1.165) is 11.3 Å². The lowest BCUT2D eigenvalue weighted by Gasteiger charge is -2.21. The van der Waals surface area contributed by atoms with Crippen LogP contribution in [0.4, 0.5) is 0 Å². The number of H-pyrrole nitrogens is 1. The van der Waals surface area contributed by atoms with Gasteiger partial charge in [-0.1, -0.05) is 30.3 Å². The van der Waals surface area contributed by atoms with Gasteiger partial charge in [-0.2, -0.15) is 0 Å². The van der Waals surface area contributed by atoms with Gasteiger partial charge in [0.1, 0.15) is 0 Å². The molecular formula is C14H18N2O. The monoisotopic (exact) mass is 230 g/mol. The topological polar surface area (TPSA) is 48.0 Å². The normalized spacial score (nSPS) is 14.5. The highest BCUT2D eigenvalue weighted by Gasteiger charge is 2.14. The van der Waals surface area contributed by atoms with Gasteiger partial charge in [-0.05, 0) is 24.6 Å². The van der Waals surface area contributed by atoms with E-state index >= 15 is 0 Å². The molecule has 2 atom stereocenters. The molecule has 0 aliphatic carbocycles. The molecule has 2 rings (SSSR count). The van der Waals surface area contributed by atoms with Crippen molar-refractivity contribution in [2.24, 2.45) is 0 Å². The summed E-state index contributed by atoms with van der Waals surface area (Å²) in [5.74, 6) is 0. The minimum absolute atomic E-state index is 0.0329. The highest BCUT2D eigenvalue weighted by molar-refractivity contribution is 5.20. The quantitative estimate of drug-likeness (QED) is 0.738. The molecule has 1 aromatic heterocycles. The van der Waals surface area contributed by atoms with Crippen molar-refractivity contribution in [1.29, 1.82) is 0 Å². The smallest absolute Gasteiger partial charge is 0.0626 e. The van der Waals surface area contributed by atoms with E-state index in [1.165, 1.54) is 0 Å². The molecule has 90 valence electrons. The van der Waals surface area contributed by atoms with Gasteiger partial charge in [-0.15, -0.1) is 0 Å². The van der Waals surface area contributed by atoms with Gasteiger partial charge < -0.3 is 10.1 Å². The molecule has 0 unspecified atom stereocenters. The highest BCUT2D eigenvalue weighted by Crippen LogP contribution is 2.17. The Labute approximate surface area is 102 Å². The molecule has 17 heavy (non-hydrogen) atoms. The number of aromatic amines is 1. The predicted molar refractivity (Wildman–Crippen MR) is 68.6 cm³/mol. The van der Waals surface area contributed by atoms with Gasteiger partial charge in [-0.3, -0.25) is 5.32 Å². The van der Waals surface area contributed by atoms with E-state index in [9.17, 15) is 5.11 Å². The molecule has 2 aromatic rings. The average molecular weight is 230 g/mol. The van der Waals surface area contributed by atoms with Crippen LogP contribution in [0.3, 0.4) is 0 Å². The fraction of sp³-hybridized carbons (Fsp3) is 0.286. The standard InChI is InChI=1S/C14H18N2O/c1-11(13-8-5-9-15-13)16-14(10-17)12-6-3-2-4-7-12/h2-9,11,14-17H,10H2,1H3/t11-,14+/m0/s1. The molecule has 1 aromatic carbocycles. The lowest BCUT2D eigenvalue weighted by Crippen LogP contribution is -2.27. The SMILES string of the molecule is C[C@H](N[C@H](CO)c1ccccc1)c1ccc[nH]1. The van der Waals surface area contributed by atoms with Gasteiger partial charge in [0, 0.05) is 17.9 Å². The summed E-state index contributed by atoms with van der Waals surface area (Å²) in [6.07, 6.45) is 1.91. The number of hydrogen-bond acceptors (Lipinski definition) is 2. The minimum atomic E-state index is -0.0329. The Kier molecular flexibility index (Phi) is 3.96. The first kappa shape index (κ1) is 11.9. The van der Waals surface area contributed by atoms with Crippen LogP contribution in [-0.4, -0.2) is 16.7 Å². The lowest BCUT2D eigenvalue weighted by molar-refractivity contribution is 0.235. The van der Waals surface area contributed by atoms with E-state index in [4.69, 9.17) is 0 Å². The molecule has 3 nitrogen and oxygen atoms in total. The molecule has 0 fully saturated rings. The third kappa shape index (κ3) is 2.96. The van der Waals surface area contributed by atoms with Crippen LogP contribution >= 0.6 is 0 Å². The number of aliphatic hydroxyl groups excluding tert-OH is 1. The first-order valence-corrected chi connectivity index (χ1v) is 5.86. The van der Waals surface area contributed by atoms with Crippen molar-refractivity contribution in [3.8, 4) is 0 Å². The Morgan fingerprint density at radius 1 is 1.18 bits per heavy atom. The molecular weight excluding hydrogens is 212 g/mol. The Morgan fingerprint density at radius 2 is 1.94 bits per heavy atom. The van der Waals surface area contributed by atoms with E-state index in [1.807, 2.05) is 48.7 Å². The summed E-state index contributed by atoms with van der Waals surface area (Å²) < 4.78 is 0. The molecule has 0 aliphatic rings. The molecule has 0 radical (unpaired) electrons. The number of benzene rings is 1. The summed E-state index contributed by atoms with van der Waals surface area (Å²) in [6.45, 7) is 2.17. The number of aliphatic hydroxyl groups is 1. The van der Waals surface area contributed by atoms with Crippen LogP contribution in [-0.2, 0) is 0 Å². The number of rotatable bonds is 5. The zero-order valence-corrected chi connectivity index (χ0v) is 9.93. The van der Waals surface area contributed by atoms with E-state index in [2.05, 4.69) is 17.2 Å². The summed E-state index contributed by atoms with van der Waals surface area (Å²) in [6, 6.07) is 14.2. The van der Waals surface area contributed by atoms with Crippen molar-refractivity contribution in [2.75, 3.05) is 6.61 Å². The molecule has 0 aliphatic heterocycles. The molecule has 0 spiro atoms. The first-order valence-electron chi connectivity index (χ1n) is 5.86. The maximum atomic E-state index is 9.45. The minimum Gasteiger partial charge on any atom is -0.394 e. The summed E-state index contributed by atoms with van der Waals surface area (Å²) in [5, 5.41) is 12.9. The fourth-order valence-corrected chi connectivity index (χ4v) is 1.94. The zero-order chi connectivity index (χ0) is 12.1. The molecule has 0 saturated carbocycles. The van der Waals surface area contributed by atoms with Crippen molar-refractivity contribution in [2.45, 2.75) is 19.0 Å². The van der Waals surface area contributed by atoms with Gasteiger partial charge in [0.15, 0.2) is 0 Å². The summed E-state index contributed by atoms with van der Waals surface area (Å²) in [7, 11) is 0. The Balaban J connectivity index is 2.06. The van der Waals surface area contributed by atoms with Crippen LogP contribution in [0, 0.1) is 0 Å². The number of nitrogens with one attached hydrogen (secondary N) is 2. The third-order valence-electron chi connectivity index (χ3n) is 2.92. The second-order valence-corrected chi connectivity index (χ2v) is 4.16. The average Bonchev–Trinajstić information content (AvgIpc) is 2.90. The van der Waals surface area contributed by atoms with E-state index < -0.39 is 0 Å². The maximum Gasteiger partial charge on any atom is 0.0626 e. The van der Waals surface area contributed by atoms with Crippen molar-refractivity contribution in [1.82, 2.24) is 10.3 Å². The zero-order valence-electron chi connectivity index (χ0n) is 9.93. The van der Waals surface area contributed by atoms with Crippen molar-refractivity contribution in [3.05, 3.63) is 59.9 Å². The van der Waals surface area contributed by atoms with Crippen LogP contribution < -0.4 is 5.32 Å². The van der Waals surface area contributed by atoms with Crippen molar-refractivity contribution < 1.29 is 5.11 Å². The van der Waals surface area contributed by atoms with Crippen LogP contribution in [0.15, 0.2) is 48.7 Å². The van der Waals surface area contributed by atoms with E-state index in [-0.39, 0.29) is 18.7 Å². The number of hydrogen-bond donors (Lipinski definition) is 3. The predicted octanol–water partition coefficient (Wildman–Crippen LogP) is 2.40.